The van der Waals surface area contributed by atoms with E-state index in [2.05, 4.69) is 188 Å². The summed E-state index contributed by atoms with van der Waals surface area (Å²) in [4.78, 5) is 9.99. The Morgan fingerprint density at radius 1 is 0.461 bits per heavy atom. The molecule has 0 aliphatic carbocycles. The lowest BCUT2D eigenvalue weighted by Crippen LogP contribution is -2.47. The first-order valence-corrected chi connectivity index (χ1v) is 28.7. The maximum Gasteiger partial charge on any atom is 0.0743 e. The average molecular weight is 1050 g/mol. The minimum absolute atomic E-state index is 0.0241. The van der Waals surface area contributed by atoms with Crippen molar-refractivity contribution in [2.45, 2.75) is 169 Å². The highest BCUT2D eigenvalue weighted by Gasteiger charge is 2.29. The van der Waals surface area contributed by atoms with Gasteiger partial charge in [0.05, 0.1) is 87.5 Å². The Bertz CT molecular complexity index is 2130. The van der Waals surface area contributed by atoms with Crippen molar-refractivity contribution in [2.24, 2.45) is 23.7 Å². The third-order valence-electron chi connectivity index (χ3n) is 15.0. The molecule has 8 atom stereocenters. The molecule has 0 bridgehead atoms. The number of benzene rings is 2. The van der Waals surface area contributed by atoms with Gasteiger partial charge in [0.1, 0.15) is 0 Å². The van der Waals surface area contributed by atoms with Crippen molar-refractivity contribution in [1.82, 2.24) is 39.2 Å². The number of aromatic nitrogens is 4. The zero-order valence-electron chi connectivity index (χ0n) is 49.5. The molecule has 0 amide bonds. The van der Waals surface area contributed by atoms with Crippen LogP contribution in [-0.4, -0.2) is 169 Å². The molecule has 0 saturated carbocycles. The third kappa shape index (κ3) is 22.2. The second kappa shape index (κ2) is 31.9. The molecule has 76 heavy (non-hydrogen) atoms. The zero-order valence-corrected chi connectivity index (χ0v) is 49.5. The van der Waals surface area contributed by atoms with Crippen LogP contribution >= 0.6 is 0 Å². The van der Waals surface area contributed by atoms with Crippen molar-refractivity contribution in [3.8, 4) is 24.7 Å². The standard InChI is InChI=1S/C64H100N8O4/c1-17-53-33-65-71(37-53)39-57-23-19-55(20-24-57)31-63-41-69(15)59(27-47(3)4)43-73-52(12)36-68(14)62(30-50(9)10)46-76-64(32-56-21-25-58(26-22-56)40-72-38-54(18-2)34-66-72)42-70(16)60(28-48(5)6)44-74-51(11)35-67(13)61(45-75-63)29-49(7)8/h1-2,19-26,33-34,37-38,47-52,59-64H,27-32,35-36,39-46H2,3-16H3/t51-,52-,59+,60+,61+,62+,63-,64-/m1/s1. The van der Waals surface area contributed by atoms with Gasteiger partial charge in [-0.3, -0.25) is 29.0 Å². The van der Waals surface area contributed by atoms with Crippen LogP contribution in [0.4, 0.5) is 0 Å². The lowest BCUT2D eigenvalue weighted by atomic mass is 10.0. The van der Waals surface area contributed by atoms with Gasteiger partial charge in [0.25, 0.3) is 0 Å². The second-order valence-corrected chi connectivity index (χ2v) is 24.3. The average Bonchev–Trinajstić information content (AvgIpc) is 4.03. The summed E-state index contributed by atoms with van der Waals surface area (Å²) in [5, 5.41) is 8.91. The predicted molar refractivity (Wildman–Crippen MR) is 313 cm³/mol. The molecule has 1 saturated heterocycles. The molecular weight excluding hydrogens is 945 g/mol. The molecule has 1 aliphatic rings. The molecule has 0 radical (unpaired) electrons. The maximum absolute atomic E-state index is 7.18. The molecule has 1 aliphatic heterocycles. The van der Waals surface area contributed by atoms with Gasteiger partial charge in [-0.15, -0.1) is 12.8 Å². The van der Waals surface area contributed by atoms with Crippen molar-refractivity contribution in [1.29, 1.82) is 0 Å². The molecule has 12 nitrogen and oxygen atoms in total. The van der Waals surface area contributed by atoms with E-state index in [-0.39, 0.29) is 48.6 Å². The number of likely N-dealkylation sites (N-methyl/N-ethyl adjacent to an activating group) is 4. The van der Waals surface area contributed by atoms with Crippen molar-refractivity contribution in [3.63, 3.8) is 0 Å². The van der Waals surface area contributed by atoms with Crippen LogP contribution in [0.25, 0.3) is 0 Å². The van der Waals surface area contributed by atoms with E-state index in [1.54, 1.807) is 12.4 Å². The van der Waals surface area contributed by atoms with Gasteiger partial charge < -0.3 is 18.9 Å². The van der Waals surface area contributed by atoms with E-state index in [1.165, 1.54) is 22.3 Å². The van der Waals surface area contributed by atoms with E-state index in [4.69, 9.17) is 31.8 Å². The van der Waals surface area contributed by atoms with E-state index >= 15 is 0 Å². The van der Waals surface area contributed by atoms with Crippen LogP contribution < -0.4 is 0 Å². The molecule has 12 heteroatoms. The van der Waals surface area contributed by atoms with Gasteiger partial charge in [0.15, 0.2) is 0 Å². The topological polar surface area (TPSA) is 85.5 Å². The van der Waals surface area contributed by atoms with Crippen LogP contribution in [-0.2, 0) is 44.9 Å². The molecular formula is C64H100N8O4. The first-order valence-electron chi connectivity index (χ1n) is 28.7. The second-order valence-electron chi connectivity index (χ2n) is 24.3. The number of terminal acetylenes is 2. The van der Waals surface area contributed by atoms with Crippen LogP contribution in [0.3, 0.4) is 0 Å². The fourth-order valence-electron chi connectivity index (χ4n) is 10.7. The first kappa shape index (κ1) is 62.5. The molecule has 2 aromatic heterocycles. The lowest BCUT2D eigenvalue weighted by Gasteiger charge is -2.37. The van der Waals surface area contributed by atoms with Crippen LogP contribution in [0.2, 0.25) is 0 Å². The van der Waals surface area contributed by atoms with Crippen LogP contribution in [0.15, 0.2) is 73.3 Å². The molecule has 0 unspecified atom stereocenters. The minimum atomic E-state index is -0.0241. The largest absolute Gasteiger partial charge is 0.376 e. The lowest BCUT2D eigenvalue weighted by molar-refractivity contribution is -0.0536. The summed E-state index contributed by atoms with van der Waals surface area (Å²) in [6.45, 7) is 30.2. The molecule has 4 aromatic rings. The van der Waals surface area contributed by atoms with Gasteiger partial charge in [-0.05, 0) is 126 Å². The predicted octanol–water partition coefficient (Wildman–Crippen LogP) is 9.90. The highest BCUT2D eigenvalue weighted by Crippen LogP contribution is 2.22. The molecule has 420 valence electrons. The number of nitrogens with zero attached hydrogens (tertiary/aromatic N) is 8. The number of hydrogen-bond donors (Lipinski definition) is 0. The Morgan fingerprint density at radius 3 is 1.04 bits per heavy atom. The van der Waals surface area contributed by atoms with E-state index in [0.29, 0.717) is 63.2 Å². The molecule has 1 fully saturated rings. The molecule has 5 rings (SSSR count). The van der Waals surface area contributed by atoms with Crippen molar-refractivity contribution >= 4 is 0 Å². The van der Waals surface area contributed by atoms with Gasteiger partial charge in [-0.25, -0.2) is 0 Å². The summed E-state index contributed by atoms with van der Waals surface area (Å²) in [6, 6.07) is 18.8. The number of ether oxygens (including phenoxy) is 4. The highest BCUT2D eigenvalue weighted by atomic mass is 16.5. The van der Waals surface area contributed by atoms with E-state index in [0.717, 1.165) is 75.8 Å². The Labute approximate surface area is 461 Å². The maximum atomic E-state index is 7.18. The van der Waals surface area contributed by atoms with Gasteiger partial charge in [0, 0.05) is 62.7 Å². The fourth-order valence-corrected chi connectivity index (χ4v) is 10.7. The van der Waals surface area contributed by atoms with Gasteiger partial charge in [0.2, 0.25) is 0 Å². The Kier molecular flexibility index (Phi) is 26.2. The Hall–Kier alpha value is -4.34. The smallest absolute Gasteiger partial charge is 0.0743 e. The molecule has 2 aromatic carbocycles. The quantitative estimate of drug-likeness (QED) is 0.101. The van der Waals surface area contributed by atoms with Crippen LogP contribution in [0.1, 0.15) is 128 Å². The summed E-state index contributed by atoms with van der Waals surface area (Å²) in [6.07, 6.45) is 24.3. The highest BCUT2D eigenvalue weighted by molar-refractivity contribution is 5.29. The Morgan fingerprint density at radius 2 is 0.750 bits per heavy atom. The van der Waals surface area contributed by atoms with E-state index in [9.17, 15) is 0 Å². The van der Waals surface area contributed by atoms with Gasteiger partial charge in [-0.1, -0.05) is 116 Å². The SMILES string of the molecule is C#Cc1cnn(Cc2ccc(C[C@@H]3CN(C)[C@@H](CC(C)C)CO[C@H](C)CN(C)[C@@H](CC(C)C)CO[C@H](Cc4ccc(Cn5cc(C#C)cn5)cc4)CN(C)[C@@H](CC(C)C)CO[C@H](C)CN(C)[C@@H](CC(C)C)CO3)cc2)c1. The summed E-state index contributed by atoms with van der Waals surface area (Å²) < 4.78 is 31.9. The number of rotatable bonds is 16. The van der Waals surface area contributed by atoms with Crippen molar-refractivity contribution < 1.29 is 18.9 Å². The summed E-state index contributed by atoms with van der Waals surface area (Å²) in [5.41, 5.74) is 6.46. The monoisotopic (exact) mass is 1040 g/mol. The van der Waals surface area contributed by atoms with Gasteiger partial charge in [-0.2, -0.15) is 10.2 Å². The molecule has 0 N–H and O–H groups in total. The molecule has 0 spiro atoms. The number of hydrogen-bond acceptors (Lipinski definition) is 10. The van der Waals surface area contributed by atoms with E-state index < -0.39 is 0 Å². The van der Waals surface area contributed by atoms with Gasteiger partial charge >= 0.3 is 0 Å². The zero-order chi connectivity index (χ0) is 55.3. The minimum Gasteiger partial charge on any atom is -0.376 e. The van der Waals surface area contributed by atoms with E-state index in [1.807, 2.05) is 21.8 Å². The van der Waals surface area contributed by atoms with Crippen molar-refractivity contribution in [2.75, 3.05) is 80.8 Å². The summed E-state index contributed by atoms with van der Waals surface area (Å²) >= 11 is 0. The normalized spacial score (nSPS) is 24.7. The summed E-state index contributed by atoms with van der Waals surface area (Å²) in [7, 11) is 9.05. The first-order chi connectivity index (χ1) is 36.2. The third-order valence-corrected chi connectivity index (χ3v) is 15.0. The fraction of sp³-hybridized carbons (Fsp3) is 0.656. The van der Waals surface area contributed by atoms with Crippen LogP contribution in [0.5, 0.6) is 0 Å². The van der Waals surface area contributed by atoms with Crippen LogP contribution in [0, 0.1) is 48.4 Å². The van der Waals surface area contributed by atoms with Crippen molar-refractivity contribution in [3.05, 3.63) is 107 Å². The summed E-state index contributed by atoms with van der Waals surface area (Å²) in [5.74, 6) is 7.40. The molecule has 3 heterocycles. The Balaban J connectivity index is 1.40.